The lowest BCUT2D eigenvalue weighted by Gasteiger charge is -2.09. The van der Waals surface area contributed by atoms with E-state index >= 15 is 0 Å². The molecule has 2 aromatic carbocycles. The van der Waals surface area contributed by atoms with Crippen LogP contribution in [0.2, 0.25) is 0 Å². The van der Waals surface area contributed by atoms with Crippen LogP contribution in [0.4, 0.5) is 11.6 Å². The minimum absolute atomic E-state index is 0.570. The van der Waals surface area contributed by atoms with Crippen molar-refractivity contribution in [3.63, 3.8) is 0 Å². The van der Waals surface area contributed by atoms with Crippen molar-refractivity contribution in [2.24, 2.45) is 0 Å². The van der Waals surface area contributed by atoms with Crippen LogP contribution >= 0.6 is 15.9 Å². The zero-order valence-electron chi connectivity index (χ0n) is 10.8. The average Bonchev–Trinajstić information content (AvgIpc) is 2.88. The molecule has 3 rings (SSSR count). The van der Waals surface area contributed by atoms with E-state index in [-0.39, 0.29) is 0 Å². The third kappa shape index (κ3) is 2.55. The summed E-state index contributed by atoms with van der Waals surface area (Å²) in [6.45, 7) is 2.04. The summed E-state index contributed by atoms with van der Waals surface area (Å²) in [6.07, 6.45) is 0. The van der Waals surface area contributed by atoms with Gasteiger partial charge in [0.1, 0.15) is 0 Å². The average molecular weight is 330 g/mol. The molecule has 0 spiro atoms. The highest BCUT2D eigenvalue weighted by Gasteiger charge is 2.11. The Morgan fingerprint density at radius 1 is 1.10 bits per heavy atom. The summed E-state index contributed by atoms with van der Waals surface area (Å²) in [5.74, 6) is 0.570. The van der Waals surface area contributed by atoms with Crippen LogP contribution in [0.1, 0.15) is 5.56 Å². The summed E-state index contributed by atoms with van der Waals surface area (Å²) in [7, 11) is 0. The van der Waals surface area contributed by atoms with Gasteiger partial charge in [-0.05, 0) is 63.1 Å². The van der Waals surface area contributed by atoms with Gasteiger partial charge in [0.25, 0.3) is 5.95 Å². The van der Waals surface area contributed by atoms with Crippen LogP contribution in [0.15, 0.2) is 53.0 Å². The Kier molecular flexibility index (Phi) is 3.47. The maximum atomic E-state index is 4.04. The largest absolute Gasteiger partial charge is 0.323 e. The molecule has 100 valence electrons. The molecule has 1 aromatic heterocycles. The van der Waals surface area contributed by atoms with Gasteiger partial charge >= 0.3 is 0 Å². The number of halogens is 1. The Morgan fingerprint density at radius 3 is 2.65 bits per heavy atom. The Morgan fingerprint density at radius 2 is 1.90 bits per heavy atom. The molecule has 6 heteroatoms. The van der Waals surface area contributed by atoms with Gasteiger partial charge in [0.05, 0.1) is 5.69 Å². The van der Waals surface area contributed by atoms with Crippen LogP contribution in [0.3, 0.4) is 0 Å². The predicted molar refractivity (Wildman–Crippen MR) is 81.3 cm³/mol. The minimum Gasteiger partial charge on any atom is -0.323 e. The smallest absolute Gasteiger partial charge is 0.252 e. The predicted octanol–water partition coefficient (Wildman–Crippen LogP) is 3.48. The van der Waals surface area contributed by atoms with Gasteiger partial charge in [0.15, 0.2) is 0 Å². The van der Waals surface area contributed by atoms with Gasteiger partial charge in [-0.2, -0.15) is 4.68 Å². The molecule has 0 radical (unpaired) electrons. The third-order valence-electron chi connectivity index (χ3n) is 2.83. The third-order valence-corrected chi connectivity index (χ3v) is 3.47. The molecule has 0 bridgehead atoms. The second-order valence-electron chi connectivity index (χ2n) is 4.36. The number of aromatic nitrogens is 4. The summed E-state index contributed by atoms with van der Waals surface area (Å²) >= 11 is 3.54. The number of nitrogens with zero attached hydrogens (tertiary/aromatic N) is 4. The molecule has 3 aromatic rings. The van der Waals surface area contributed by atoms with E-state index in [1.165, 1.54) is 5.56 Å². The van der Waals surface area contributed by atoms with Crippen molar-refractivity contribution < 1.29 is 0 Å². The fourth-order valence-corrected chi connectivity index (χ4v) is 2.52. The van der Waals surface area contributed by atoms with Gasteiger partial charge in [0, 0.05) is 10.2 Å². The van der Waals surface area contributed by atoms with Crippen molar-refractivity contribution in [3.05, 3.63) is 58.6 Å². The van der Waals surface area contributed by atoms with Crippen molar-refractivity contribution in [2.45, 2.75) is 6.92 Å². The second kappa shape index (κ2) is 5.42. The van der Waals surface area contributed by atoms with Gasteiger partial charge in [-0.3, -0.25) is 0 Å². The molecule has 0 amide bonds. The van der Waals surface area contributed by atoms with Crippen molar-refractivity contribution in [3.8, 4) is 5.69 Å². The Balaban J connectivity index is 1.98. The molecule has 20 heavy (non-hydrogen) atoms. The highest BCUT2D eigenvalue weighted by atomic mass is 79.9. The van der Waals surface area contributed by atoms with E-state index in [0.717, 1.165) is 15.8 Å². The second-order valence-corrected chi connectivity index (χ2v) is 5.21. The lowest BCUT2D eigenvalue weighted by Crippen LogP contribution is -2.04. The molecule has 0 unspecified atom stereocenters. The minimum atomic E-state index is 0.570. The van der Waals surface area contributed by atoms with Crippen LogP contribution < -0.4 is 5.32 Å². The molecule has 0 fully saturated rings. The van der Waals surface area contributed by atoms with Gasteiger partial charge < -0.3 is 5.32 Å². The lowest BCUT2D eigenvalue weighted by atomic mass is 10.2. The maximum Gasteiger partial charge on any atom is 0.252 e. The van der Waals surface area contributed by atoms with E-state index < -0.39 is 0 Å². The van der Waals surface area contributed by atoms with Crippen molar-refractivity contribution >= 4 is 27.6 Å². The monoisotopic (exact) mass is 329 g/mol. The molecule has 0 aliphatic carbocycles. The molecule has 0 saturated carbocycles. The number of tetrazole rings is 1. The topological polar surface area (TPSA) is 55.6 Å². The molecule has 0 aliphatic rings. The SMILES string of the molecule is Cc1ccc(-n2nnnc2Nc2ccccc2)c(Br)c1. The first-order chi connectivity index (χ1) is 9.74. The normalized spacial score (nSPS) is 10.5. The van der Waals surface area contributed by atoms with E-state index in [4.69, 9.17) is 0 Å². The Labute approximate surface area is 124 Å². The summed E-state index contributed by atoms with van der Waals surface area (Å²) in [6, 6.07) is 15.8. The van der Waals surface area contributed by atoms with Crippen molar-refractivity contribution in [1.82, 2.24) is 20.2 Å². The van der Waals surface area contributed by atoms with E-state index in [1.54, 1.807) is 4.68 Å². The molecule has 0 aliphatic heterocycles. The molecule has 0 atom stereocenters. The fourth-order valence-electron chi connectivity index (χ4n) is 1.86. The Hall–Kier alpha value is -2.21. The first-order valence-corrected chi connectivity index (χ1v) is 6.90. The van der Waals surface area contributed by atoms with Gasteiger partial charge in [-0.25, -0.2) is 0 Å². The number of anilines is 2. The number of hydrogen-bond acceptors (Lipinski definition) is 4. The number of para-hydroxylation sites is 1. The van der Waals surface area contributed by atoms with Crippen molar-refractivity contribution in [1.29, 1.82) is 0 Å². The highest BCUT2D eigenvalue weighted by Crippen LogP contribution is 2.24. The zero-order chi connectivity index (χ0) is 13.9. The van der Waals surface area contributed by atoms with E-state index in [1.807, 2.05) is 55.5 Å². The van der Waals surface area contributed by atoms with Crippen LogP contribution in [-0.4, -0.2) is 20.2 Å². The number of aryl methyl sites for hydroxylation is 1. The van der Waals surface area contributed by atoms with Crippen LogP contribution in [0.5, 0.6) is 0 Å². The maximum absolute atomic E-state index is 4.04. The number of nitrogens with one attached hydrogen (secondary N) is 1. The number of rotatable bonds is 3. The standard InChI is InChI=1S/C14H12BrN5/c1-10-7-8-13(12(15)9-10)20-14(17-18-19-20)16-11-5-3-2-4-6-11/h2-9H,1H3,(H,16,17,19). The van der Waals surface area contributed by atoms with E-state index in [9.17, 15) is 0 Å². The number of benzene rings is 2. The highest BCUT2D eigenvalue weighted by molar-refractivity contribution is 9.10. The van der Waals surface area contributed by atoms with Crippen LogP contribution in [-0.2, 0) is 0 Å². The molecule has 1 heterocycles. The quantitative estimate of drug-likeness (QED) is 0.799. The first-order valence-electron chi connectivity index (χ1n) is 6.11. The van der Waals surface area contributed by atoms with Gasteiger partial charge in [-0.1, -0.05) is 29.4 Å². The zero-order valence-corrected chi connectivity index (χ0v) is 12.4. The first kappa shape index (κ1) is 12.8. The summed E-state index contributed by atoms with van der Waals surface area (Å²) < 4.78 is 2.61. The molecule has 1 N–H and O–H groups in total. The molecule has 0 saturated heterocycles. The van der Waals surface area contributed by atoms with E-state index in [2.05, 4.69) is 36.8 Å². The van der Waals surface area contributed by atoms with Crippen LogP contribution in [0, 0.1) is 6.92 Å². The summed E-state index contributed by atoms with van der Waals surface area (Å²) in [4.78, 5) is 0. The fraction of sp³-hybridized carbons (Fsp3) is 0.0714. The summed E-state index contributed by atoms with van der Waals surface area (Å²) in [5.41, 5.74) is 3.00. The number of hydrogen-bond donors (Lipinski definition) is 1. The Bertz CT molecular complexity index is 723. The van der Waals surface area contributed by atoms with E-state index in [0.29, 0.717) is 5.95 Å². The van der Waals surface area contributed by atoms with Gasteiger partial charge in [-0.15, -0.1) is 0 Å². The van der Waals surface area contributed by atoms with Crippen molar-refractivity contribution in [2.75, 3.05) is 5.32 Å². The van der Waals surface area contributed by atoms with Gasteiger partial charge in [0.2, 0.25) is 0 Å². The van der Waals surface area contributed by atoms with Crippen LogP contribution in [0.25, 0.3) is 5.69 Å². The lowest BCUT2D eigenvalue weighted by molar-refractivity contribution is 0.789. The summed E-state index contributed by atoms with van der Waals surface area (Å²) in [5, 5.41) is 15.0. The molecule has 5 nitrogen and oxygen atoms in total. The molecular weight excluding hydrogens is 318 g/mol. The molecular formula is C14H12BrN5.